The van der Waals surface area contributed by atoms with Crippen molar-refractivity contribution in [2.75, 3.05) is 6.54 Å². The number of amides is 1. The summed E-state index contributed by atoms with van der Waals surface area (Å²) in [7, 11) is 0. The molecule has 29 heavy (non-hydrogen) atoms. The fourth-order valence-corrected chi connectivity index (χ4v) is 4.33. The molecule has 1 saturated carbocycles. The highest BCUT2D eigenvalue weighted by molar-refractivity contribution is 6.31. The van der Waals surface area contributed by atoms with Crippen LogP contribution in [0.1, 0.15) is 53.6 Å². The normalized spacial score (nSPS) is 14.9. The van der Waals surface area contributed by atoms with Crippen LogP contribution in [0.4, 0.5) is 0 Å². The standard InChI is InChI=1S/C24H28ClN3O/c25-20-9-10-23-22(14-20)19(16-28-23)11-12-26-24(29)18-6-4-5-17(13-18)15-27-21-7-2-1-3-8-21/h4-6,9-10,13-14,16,21,27-28H,1-3,7-8,11-12,15H2,(H,26,29). The van der Waals surface area contributed by atoms with Crippen LogP contribution in [0.2, 0.25) is 5.02 Å². The maximum atomic E-state index is 12.6. The average molecular weight is 410 g/mol. The minimum atomic E-state index is -0.0256. The largest absolute Gasteiger partial charge is 0.361 e. The molecule has 4 nitrogen and oxygen atoms in total. The first-order valence-corrected chi connectivity index (χ1v) is 10.9. The van der Waals surface area contributed by atoms with Crippen LogP contribution in [0.3, 0.4) is 0 Å². The minimum Gasteiger partial charge on any atom is -0.361 e. The summed E-state index contributed by atoms with van der Waals surface area (Å²) in [5.74, 6) is -0.0256. The summed E-state index contributed by atoms with van der Waals surface area (Å²) in [6, 6.07) is 14.4. The van der Waals surface area contributed by atoms with E-state index in [0.29, 0.717) is 12.6 Å². The van der Waals surface area contributed by atoms with Gasteiger partial charge in [0.25, 0.3) is 5.91 Å². The number of benzene rings is 2. The van der Waals surface area contributed by atoms with E-state index in [9.17, 15) is 4.79 Å². The van der Waals surface area contributed by atoms with E-state index in [1.165, 1.54) is 32.1 Å². The van der Waals surface area contributed by atoms with Gasteiger partial charge in [0.1, 0.15) is 0 Å². The lowest BCUT2D eigenvalue weighted by Gasteiger charge is -2.23. The Balaban J connectivity index is 1.30. The molecule has 0 radical (unpaired) electrons. The number of nitrogens with one attached hydrogen (secondary N) is 3. The van der Waals surface area contributed by atoms with Crippen LogP contribution in [-0.4, -0.2) is 23.5 Å². The van der Waals surface area contributed by atoms with Gasteiger partial charge in [-0.3, -0.25) is 4.79 Å². The molecule has 0 bridgehead atoms. The van der Waals surface area contributed by atoms with E-state index < -0.39 is 0 Å². The molecule has 2 aromatic carbocycles. The van der Waals surface area contributed by atoms with Crippen LogP contribution in [0.25, 0.3) is 10.9 Å². The van der Waals surface area contributed by atoms with Crippen molar-refractivity contribution >= 4 is 28.4 Å². The molecule has 1 aliphatic carbocycles. The van der Waals surface area contributed by atoms with Gasteiger partial charge in [0, 0.05) is 46.8 Å². The molecule has 0 spiro atoms. The molecule has 5 heteroatoms. The van der Waals surface area contributed by atoms with Gasteiger partial charge in [-0.05, 0) is 60.7 Å². The van der Waals surface area contributed by atoms with Gasteiger partial charge in [-0.25, -0.2) is 0 Å². The summed E-state index contributed by atoms with van der Waals surface area (Å²) in [6.45, 7) is 1.41. The number of carbonyl (C=O) groups is 1. The van der Waals surface area contributed by atoms with Gasteiger partial charge in [0.05, 0.1) is 0 Å². The summed E-state index contributed by atoms with van der Waals surface area (Å²) in [4.78, 5) is 15.8. The second-order valence-electron chi connectivity index (χ2n) is 7.93. The number of rotatable bonds is 7. The fraction of sp³-hybridized carbons (Fsp3) is 0.375. The Labute approximate surface area is 177 Å². The minimum absolute atomic E-state index is 0.0256. The lowest BCUT2D eigenvalue weighted by molar-refractivity contribution is 0.0954. The van der Waals surface area contributed by atoms with Crippen LogP contribution in [0.5, 0.6) is 0 Å². The number of aromatic nitrogens is 1. The third kappa shape index (κ3) is 5.20. The molecule has 0 atom stereocenters. The van der Waals surface area contributed by atoms with E-state index in [-0.39, 0.29) is 5.91 Å². The quantitative estimate of drug-likeness (QED) is 0.501. The number of fused-ring (bicyclic) bond motifs is 1. The third-order valence-electron chi connectivity index (χ3n) is 5.80. The first-order chi connectivity index (χ1) is 14.2. The summed E-state index contributed by atoms with van der Waals surface area (Å²) in [5.41, 5.74) is 4.10. The molecule has 152 valence electrons. The van der Waals surface area contributed by atoms with E-state index in [1.54, 1.807) is 0 Å². The predicted octanol–water partition coefficient (Wildman–Crippen LogP) is 5.22. The molecule has 1 amide bonds. The predicted molar refractivity (Wildman–Crippen MR) is 120 cm³/mol. The number of hydrogen-bond donors (Lipinski definition) is 3. The number of halogens is 1. The van der Waals surface area contributed by atoms with Gasteiger partial charge < -0.3 is 15.6 Å². The van der Waals surface area contributed by atoms with Crippen molar-refractivity contribution in [3.05, 3.63) is 70.4 Å². The number of aromatic amines is 1. The maximum absolute atomic E-state index is 12.6. The van der Waals surface area contributed by atoms with Crippen molar-refractivity contribution in [3.63, 3.8) is 0 Å². The van der Waals surface area contributed by atoms with Crippen LogP contribution in [0, 0.1) is 0 Å². The Bertz CT molecular complexity index is 975. The third-order valence-corrected chi connectivity index (χ3v) is 6.03. The topological polar surface area (TPSA) is 56.9 Å². The molecule has 1 aromatic heterocycles. The summed E-state index contributed by atoms with van der Waals surface area (Å²) < 4.78 is 0. The fourth-order valence-electron chi connectivity index (χ4n) is 4.16. The smallest absolute Gasteiger partial charge is 0.251 e. The van der Waals surface area contributed by atoms with Crippen molar-refractivity contribution in [1.29, 1.82) is 0 Å². The van der Waals surface area contributed by atoms with Crippen molar-refractivity contribution < 1.29 is 4.79 Å². The van der Waals surface area contributed by atoms with Crippen LogP contribution in [0.15, 0.2) is 48.7 Å². The Hall–Kier alpha value is -2.30. The molecular formula is C24H28ClN3O. The van der Waals surface area contributed by atoms with E-state index in [0.717, 1.165) is 45.6 Å². The highest BCUT2D eigenvalue weighted by atomic mass is 35.5. The molecule has 3 aromatic rings. The molecule has 0 saturated heterocycles. The molecule has 0 aliphatic heterocycles. The van der Waals surface area contributed by atoms with Crippen LogP contribution < -0.4 is 10.6 Å². The van der Waals surface area contributed by atoms with E-state index in [2.05, 4.69) is 21.7 Å². The maximum Gasteiger partial charge on any atom is 0.251 e. The number of carbonyl (C=O) groups excluding carboxylic acids is 1. The molecule has 1 heterocycles. The SMILES string of the molecule is O=C(NCCc1c[nH]c2ccc(Cl)cc12)c1cccc(CNC2CCCCC2)c1. The molecule has 1 fully saturated rings. The van der Waals surface area contributed by atoms with Gasteiger partial charge in [-0.2, -0.15) is 0 Å². The van der Waals surface area contributed by atoms with Gasteiger partial charge >= 0.3 is 0 Å². The van der Waals surface area contributed by atoms with Crippen molar-refractivity contribution in [2.24, 2.45) is 0 Å². The molecule has 0 unspecified atom stereocenters. The van der Waals surface area contributed by atoms with Crippen molar-refractivity contribution in [3.8, 4) is 0 Å². The van der Waals surface area contributed by atoms with Crippen molar-refractivity contribution in [2.45, 2.75) is 51.1 Å². The van der Waals surface area contributed by atoms with E-state index in [1.807, 2.05) is 42.6 Å². The first kappa shape index (κ1) is 20.0. The van der Waals surface area contributed by atoms with Gasteiger partial charge in [-0.15, -0.1) is 0 Å². The molecule has 1 aliphatic rings. The summed E-state index contributed by atoms with van der Waals surface area (Å²) in [6.07, 6.45) is 9.28. The number of hydrogen-bond acceptors (Lipinski definition) is 2. The van der Waals surface area contributed by atoms with Gasteiger partial charge in [-0.1, -0.05) is 43.0 Å². The summed E-state index contributed by atoms with van der Waals surface area (Å²) >= 11 is 6.11. The van der Waals surface area contributed by atoms with E-state index >= 15 is 0 Å². The zero-order valence-corrected chi connectivity index (χ0v) is 17.4. The lowest BCUT2D eigenvalue weighted by atomic mass is 9.95. The van der Waals surface area contributed by atoms with Crippen molar-refractivity contribution in [1.82, 2.24) is 15.6 Å². The highest BCUT2D eigenvalue weighted by Crippen LogP contribution is 2.22. The molecule has 4 rings (SSSR count). The zero-order valence-electron chi connectivity index (χ0n) is 16.6. The second-order valence-corrected chi connectivity index (χ2v) is 8.36. The monoisotopic (exact) mass is 409 g/mol. The van der Waals surface area contributed by atoms with Gasteiger partial charge in [0.15, 0.2) is 0 Å². The Morgan fingerprint density at radius 1 is 1.10 bits per heavy atom. The van der Waals surface area contributed by atoms with Crippen LogP contribution in [-0.2, 0) is 13.0 Å². The lowest BCUT2D eigenvalue weighted by Crippen LogP contribution is -2.30. The number of H-pyrrole nitrogens is 1. The second kappa shape index (κ2) is 9.47. The Morgan fingerprint density at radius 3 is 2.83 bits per heavy atom. The average Bonchev–Trinajstić information content (AvgIpc) is 3.15. The summed E-state index contributed by atoms with van der Waals surface area (Å²) in [5, 5.41) is 8.52. The first-order valence-electron chi connectivity index (χ1n) is 10.5. The molecular weight excluding hydrogens is 382 g/mol. The zero-order chi connectivity index (χ0) is 20.1. The van der Waals surface area contributed by atoms with Crippen LogP contribution >= 0.6 is 11.6 Å². The van der Waals surface area contributed by atoms with Gasteiger partial charge in [0.2, 0.25) is 0 Å². The Morgan fingerprint density at radius 2 is 1.97 bits per heavy atom. The Kier molecular flexibility index (Phi) is 6.53. The highest BCUT2D eigenvalue weighted by Gasteiger charge is 2.13. The van der Waals surface area contributed by atoms with E-state index in [4.69, 9.17) is 11.6 Å². The molecule has 3 N–H and O–H groups in total.